The molecule has 1 fully saturated rings. The molecule has 0 bridgehead atoms. The van der Waals surface area contributed by atoms with Crippen LogP contribution in [-0.2, 0) is 14.3 Å². The summed E-state index contributed by atoms with van der Waals surface area (Å²) in [5.74, 6) is -5.11. The van der Waals surface area contributed by atoms with Crippen LogP contribution in [0.3, 0.4) is 0 Å². The second-order valence-electron chi connectivity index (χ2n) is 8.27. The Bertz CT molecular complexity index is 1130. The Morgan fingerprint density at radius 2 is 1.86 bits per heavy atom. The molecule has 4 atom stereocenters. The minimum atomic E-state index is -1.71. The number of phenols is 3. The fourth-order valence-electron chi connectivity index (χ4n) is 3.70. The largest absolute Gasteiger partial charge is 0.511 e. The summed E-state index contributed by atoms with van der Waals surface area (Å²) in [5, 5.41) is 68.7. The van der Waals surface area contributed by atoms with Crippen molar-refractivity contribution in [1.82, 2.24) is 0 Å². The number of carbonyl (C=O) groups is 2. The molecule has 2 aliphatic rings. The highest BCUT2D eigenvalue weighted by Crippen LogP contribution is 2.38. The maximum Gasteiger partial charge on any atom is 0.339 e. The number of fused-ring (bicyclic) bond motifs is 1. The molecule has 0 aromatic heterocycles. The number of aliphatic hydroxyl groups is 4. The standard InChI is InChI=1S/C24H26O11/c1-10(9-25)3-12(4-11(2)26)22-23(21(32)19-15(28)7-14(27)8-18(19)34-22)35-24(33)13-5-16(29)20(31)17(30)6-13/h3-6,8,11,14,22-23,25-31H,7,9H2,1-2H3/b10-3-,12-4+. The van der Waals surface area contributed by atoms with Gasteiger partial charge in [-0.25, -0.2) is 4.79 Å². The third kappa shape index (κ3) is 5.48. The van der Waals surface area contributed by atoms with Gasteiger partial charge in [-0.1, -0.05) is 6.08 Å². The monoisotopic (exact) mass is 490 g/mol. The molecule has 3 rings (SSSR count). The van der Waals surface area contributed by atoms with Gasteiger partial charge in [0.15, 0.2) is 23.4 Å². The molecule has 7 N–H and O–H groups in total. The highest BCUT2D eigenvalue weighted by atomic mass is 16.6. The quantitative estimate of drug-likeness (QED) is 0.171. The maximum atomic E-state index is 13.4. The van der Waals surface area contributed by atoms with Crippen LogP contribution in [0.4, 0.5) is 0 Å². The molecule has 35 heavy (non-hydrogen) atoms. The van der Waals surface area contributed by atoms with Crippen molar-refractivity contribution in [2.45, 2.75) is 44.7 Å². The first-order valence-electron chi connectivity index (χ1n) is 10.6. The van der Waals surface area contributed by atoms with Gasteiger partial charge in [0, 0.05) is 6.42 Å². The lowest BCUT2D eigenvalue weighted by Crippen LogP contribution is -2.47. The van der Waals surface area contributed by atoms with Gasteiger partial charge in [0.2, 0.25) is 11.9 Å². The van der Waals surface area contributed by atoms with Crippen molar-refractivity contribution in [2.24, 2.45) is 0 Å². The number of carbonyl (C=O) groups excluding carboxylic acids is 2. The highest BCUT2D eigenvalue weighted by molar-refractivity contribution is 6.06. The van der Waals surface area contributed by atoms with Crippen LogP contribution in [0.1, 0.15) is 30.6 Å². The third-order valence-corrected chi connectivity index (χ3v) is 5.28. The predicted molar refractivity (Wildman–Crippen MR) is 119 cm³/mol. The van der Waals surface area contributed by atoms with Gasteiger partial charge in [0.1, 0.15) is 17.1 Å². The Hall–Kier alpha value is -3.80. The van der Waals surface area contributed by atoms with E-state index >= 15 is 0 Å². The van der Waals surface area contributed by atoms with E-state index in [9.17, 15) is 45.3 Å². The Kier molecular flexibility index (Phi) is 7.54. The number of ketones is 1. The molecule has 11 nitrogen and oxygen atoms in total. The first kappa shape index (κ1) is 25.8. The van der Waals surface area contributed by atoms with Crippen molar-refractivity contribution in [2.75, 3.05) is 6.61 Å². The molecule has 0 saturated carbocycles. The fourth-order valence-corrected chi connectivity index (χ4v) is 3.70. The molecule has 1 aromatic carbocycles. The number of allylic oxidation sites excluding steroid dienone is 1. The van der Waals surface area contributed by atoms with E-state index in [1.54, 1.807) is 6.92 Å². The Balaban J connectivity index is 2.10. The fraction of sp³-hybridized carbons (Fsp3) is 0.333. The topological polar surface area (TPSA) is 194 Å². The number of aliphatic hydroxyl groups excluding tert-OH is 4. The number of Topliss-reactive ketones (excluding diaryl/α,β-unsaturated/α-hetero) is 1. The number of hydrogen-bond acceptors (Lipinski definition) is 11. The first-order chi connectivity index (χ1) is 16.4. The highest BCUT2D eigenvalue weighted by Gasteiger charge is 2.46. The van der Waals surface area contributed by atoms with E-state index in [0.717, 1.165) is 12.1 Å². The van der Waals surface area contributed by atoms with Gasteiger partial charge in [0.05, 0.1) is 24.4 Å². The van der Waals surface area contributed by atoms with Crippen LogP contribution < -0.4 is 0 Å². The summed E-state index contributed by atoms with van der Waals surface area (Å²) in [6.07, 6.45) is -1.56. The molecule has 1 aromatic rings. The molecule has 0 radical (unpaired) electrons. The van der Waals surface area contributed by atoms with Crippen LogP contribution in [0.2, 0.25) is 0 Å². The number of rotatable bonds is 6. The van der Waals surface area contributed by atoms with Gasteiger partial charge in [-0.15, -0.1) is 0 Å². The van der Waals surface area contributed by atoms with Crippen molar-refractivity contribution < 1.29 is 54.8 Å². The summed E-state index contributed by atoms with van der Waals surface area (Å²) < 4.78 is 11.3. The van der Waals surface area contributed by atoms with E-state index < -0.39 is 64.7 Å². The molecule has 4 unspecified atom stereocenters. The van der Waals surface area contributed by atoms with Crippen molar-refractivity contribution in [1.29, 1.82) is 0 Å². The van der Waals surface area contributed by atoms with E-state index in [4.69, 9.17) is 9.47 Å². The predicted octanol–water partition coefficient (Wildman–Crippen LogP) is 1.00. The SMILES string of the molecule is C/C(=C/C(=C\C(C)O)C1OC2=CC(O)CC(O)=C2C(=O)C1OC(=O)c1cc(O)c(O)c(O)c1)CO. The summed E-state index contributed by atoms with van der Waals surface area (Å²) in [6, 6.07) is 1.64. The zero-order valence-corrected chi connectivity index (χ0v) is 18.9. The van der Waals surface area contributed by atoms with Gasteiger partial charge in [-0.05, 0) is 49.3 Å². The molecule has 1 heterocycles. The zero-order valence-electron chi connectivity index (χ0n) is 18.9. The molecule has 0 spiro atoms. The van der Waals surface area contributed by atoms with Crippen molar-refractivity contribution in [3.63, 3.8) is 0 Å². The van der Waals surface area contributed by atoms with Crippen LogP contribution in [0.25, 0.3) is 0 Å². The molecular formula is C24H26O11. The third-order valence-electron chi connectivity index (χ3n) is 5.28. The van der Waals surface area contributed by atoms with Gasteiger partial charge in [0.25, 0.3) is 0 Å². The molecule has 1 aliphatic carbocycles. The number of aromatic hydroxyl groups is 3. The summed E-state index contributed by atoms with van der Waals surface area (Å²) in [6.45, 7) is 2.64. The van der Waals surface area contributed by atoms with Gasteiger partial charge in [-0.3, -0.25) is 4.79 Å². The van der Waals surface area contributed by atoms with Crippen molar-refractivity contribution in [3.8, 4) is 17.2 Å². The number of hydrogen-bond donors (Lipinski definition) is 7. The minimum Gasteiger partial charge on any atom is -0.511 e. The Labute approximate surface area is 199 Å². The summed E-state index contributed by atoms with van der Waals surface area (Å²) in [4.78, 5) is 26.2. The molecule has 1 saturated heterocycles. The lowest BCUT2D eigenvalue weighted by molar-refractivity contribution is -0.133. The van der Waals surface area contributed by atoms with Crippen LogP contribution in [-0.4, -0.2) is 78.5 Å². The Morgan fingerprint density at radius 3 is 2.43 bits per heavy atom. The van der Waals surface area contributed by atoms with Crippen molar-refractivity contribution in [3.05, 3.63) is 64.2 Å². The van der Waals surface area contributed by atoms with Crippen LogP contribution in [0.15, 0.2) is 58.6 Å². The van der Waals surface area contributed by atoms with Crippen molar-refractivity contribution >= 4 is 11.8 Å². The number of benzene rings is 1. The van der Waals surface area contributed by atoms with Crippen LogP contribution >= 0.6 is 0 Å². The van der Waals surface area contributed by atoms with E-state index in [2.05, 4.69) is 0 Å². The Morgan fingerprint density at radius 1 is 1.23 bits per heavy atom. The lowest BCUT2D eigenvalue weighted by Gasteiger charge is -2.36. The molecule has 0 amide bonds. The van der Waals surface area contributed by atoms with Crippen LogP contribution in [0.5, 0.6) is 17.2 Å². The molecule has 188 valence electrons. The second-order valence-corrected chi connectivity index (χ2v) is 8.27. The summed E-state index contributed by atoms with van der Waals surface area (Å²) >= 11 is 0. The van der Waals surface area contributed by atoms with E-state index in [1.807, 2.05) is 0 Å². The number of phenolic OH excluding ortho intramolecular Hbond substituents is 3. The van der Waals surface area contributed by atoms with E-state index in [-0.39, 0.29) is 29.9 Å². The smallest absolute Gasteiger partial charge is 0.339 e. The van der Waals surface area contributed by atoms with Gasteiger partial charge < -0.3 is 45.2 Å². The first-order valence-corrected chi connectivity index (χ1v) is 10.6. The second kappa shape index (κ2) is 10.2. The van der Waals surface area contributed by atoms with Gasteiger partial charge in [-0.2, -0.15) is 0 Å². The summed E-state index contributed by atoms with van der Waals surface area (Å²) in [5.41, 5.74) is -0.104. The molecule has 11 heteroatoms. The molecule has 1 aliphatic heterocycles. The summed E-state index contributed by atoms with van der Waals surface area (Å²) in [7, 11) is 0. The average molecular weight is 490 g/mol. The van der Waals surface area contributed by atoms with E-state index in [1.165, 1.54) is 25.2 Å². The molecular weight excluding hydrogens is 464 g/mol. The van der Waals surface area contributed by atoms with Crippen LogP contribution in [0, 0.1) is 0 Å². The van der Waals surface area contributed by atoms with Gasteiger partial charge >= 0.3 is 5.97 Å². The average Bonchev–Trinajstić information content (AvgIpc) is 2.77. The minimum absolute atomic E-state index is 0.144. The lowest BCUT2D eigenvalue weighted by atomic mass is 9.87. The maximum absolute atomic E-state index is 13.4. The number of ether oxygens (including phenoxy) is 2. The van der Waals surface area contributed by atoms with E-state index in [0.29, 0.717) is 5.57 Å². The number of esters is 1. The zero-order chi connectivity index (χ0) is 26.0. The normalized spacial score (nSPS) is 23.9.